The average molecular weight is 481 g/mol. The molecule has 1 unspecified atom stereocenters. The number of anilines is 2. The first-order valence-corrected chi connectivity index (χ1v) is 13.0. The van der Waals surface area contributed by atoms with Crippen LogP contribution in [0.4, 0.5) is 11.4 Å². The monoisotopic (exact) mass is 480 g/mol. The lowest BCUT2D eigenvalue weighted by Gasteiger charge is -2.20. The maximum absolute atomic E-state index is 13.1. The Labute approximate surface area is 198 Å². The SMILES string of the molecule is CCc1cccc(C)c1N1C(=O)CC(Sc2ccc(NS(=O)(=O)c3ccccc3)cc2)C1=O. The maximum atomic E-state index is 13.1. The van der Waals surface area contributed by atoms with Gasteiger partial charge in [-0.05, 0) is 60.9 Å². The molecule has 1 atom stereocenters. The summed E-state index contributed by atoms with van der Waals surface area (Å²) in [4.78, 5) is 28.2. The number of hydrogen-bond acceptors (Lipinski definition) is 5. The van der Waals surface area contributed by atoms with Crippen LogP contribution in [0.5, 0.6) is 0 Å². The zero-order valence-corrected chi connectivity index (χ0v) is 19.9. The number of benzene rings is 3. The summed E-state index contributed by atoms with van der Waals surface area (Å²) in [7, 11) is -3.68. The van der Waals surface area contributed by atoms with Gasteiger partial charge in [-0.3, -0.25) is 14.3 Å². The Morgan fingerprint density at radius 1 is 0.970 bits per heavy atom. The van der Waals surface area contributed by atoms with Gasteiger partial charge in [0.1, 0.15) is 0 Å². The summed E-state index contributed by atoms with van der Waals surface area (Å²) in [5, 5.41) is -0.520. The summed E-state index contributed by atoms with van der Waals surface area (Å²) in [5.41, 5.74) is 2.99. The van der Waals surface area contributed by atoms with E-state index in [0.29, 0.717) is 11.4 Å². The molecule has 2 amide bonds. The van der Waals surface area contributed by atoms with Crippen LogP contribution in [-0.2, 0) is 26.0 Å². The molecule has 1 aliphatic heterocycles. The number of sulfonamides is 1. The van der Waals surface area contributed by atoms with Crippen molar-refractivity contribution in [1.82, 2.24) is 0 Å². The summed E-state index contributed by atoms with van der Waals surface area (Å²) in [6.07, 6.45) is 0.857. The molecule has 1 N–H and O–H groups in total. The number of imide groups is 1. The molecule has 0 saturated carbocycles. The van der Waals surface area contributed by atoms with Crippen LogP contribution in [0.3, 0.4) is 0 Å². The number of amides is 2. The molecule has 0 aliphatic carbocycles. The van der Waals surface area contributed by atoms with Gasteiger partial charge in [0, 0.05) is 17.0 Å². The molecule has 0 aromatic heterocycles. The summed E-state index contributed by atoms with van der Waals surface area (Å²) < 4.78 is 27.5. The molecule has 3 aromatic carbocycles. The Kier molecular flexibility index (Phi) is 6.58. The minimum absolute atomic E-state index is 0.128. The van der Waals surface area contributed by atoms with E-state index in [9.17, 15) is 18.0 Å². The highest BCUT2D eigenvalue weighted by Gasteiger charge is 2.41. The van der Waals surface area contributed by atoms with Gasteiger partial charge in [-0.15, -0.1) is 11.8 Å². The Morgan fingerprint density at radius 2 is 1.67 bits per heavy atom. The van der Waals surface area contributed by atoms with Gasteiger partial charge in [-0.25, -0.2) is 13.3 Å². The zero-order valence-electron chi connectivity index (χ0n) is 18.3. The second kappa shape index (κ2) is 9.41. The molecule has 0 radical (unpaired) electrons. The molecular formula is C25H24N2O4S2. The quantitative estimate of drug-likeness (QED) is 0.492. The lowest BCUT2D eigenvalue weighted by atomic mass is 10.0. The Balaban J connectivity index is 1.48. The fourth-order valence-electron chi connectivity index (χ4n) is 3.84. The molecule has 1 fully saturated rings. The van der Waals surface area contributed by atoms with E-state index in [4.69, 9.17) is 0 Å². The van der Waals surface area contributed by atoms with Crippen LogP contribution in [0.15, 0.2) is 82.6 Å². The van der Waals surface area contributed by atoms with Crippen molar-refractivity contribution >= 4 is 45.0 Å². The third-order valence-electron chi connectivity index (χ3n) is 5.47. The normalized spacial score (nSPS) is 16.3. The number of nitrogens with one attached hydrogen (secondary N) is 1. The number of para-hydroxylation sites is 1. The molecule has 0 bridgehead atoms. The topological polar surface area (TPSA) is 83.6 Å². The van der Waals surface area contributed by atoms with Gasteiger partial charge in [0.15, 0.2) is 0 Å². The fraction of sp³-hybridized carbons (Fsp3) is 0.200. The van der Waals surface area contributed by atoms with E-state index in [1.807, 2.05) is 32.0 Å². The lowest BCUT2D eigenvalue weighted by molar-refractivity contribution is -0.121. The third kappa shape index (κ3) is 4.82. The van der Waals surface area contributed by atoms with Gasteiger partial charge >= 0.3 is 0 Å². The Hall–Kier alpha value is -3.10. The molecule has 33 heavy (non-hydrogen) atoms. The number of aryl methyl sites for hydroxylation is 2. The van der Waals surface area contributed by atoms with E-state index in [0.717, 1.165) is 22.4 Å². The molecule has 1 saturated heterocycles. The van der Waals surface area contributed by atoms with E-state index in [2.05, 4.69) is 4.72 Å². The molecule has 6 nitrogen and oxygen atoms in total. The molecule has 8 heteroatoms. The number of nitrogens with zero attached hydrogens (tertiary/aromatic N) is 1. The standard InChI is InChI=1S/C25H24N2O4S2/c1-3-18-9-7-8-17(2)24(18)27-23(28)16-22(25(27)29)32-20-14-12-19(13-15-20)26-33(30,31)21-10-5-4-6-11-21/h4-15,22,26H,3,16H2,1-2H3. The van der Waals surface area contributed by atoms with Crippen molar-refractivity contribution in [2.45, 2.75) is 41.7 Å². The Morgan fingerprint density at radius 3 is 2.33 bits per heavy atom. The van der Waals surface area contributed by atoms with Crippen molar-refractivity contribution in [3.8, 4) is 0 Å². The van der Waals surface area contributed by atoms with Crippen LogP contribution in [0.2, 0.25) is 0 Å². The lowest BCUT2D eigenvalue weighted by Crippen LogP contribution is -2.32. The molecule has 0 spiro atoms. The van der Waals surface area contributed by atoms with Crippen LogP contribution in [0.1, 0.15) is 24.5 Å². The van der Waals surface area contributed by atoms with Gasteiger partial charge in [-0.2, -0.15) is 0 Å². The van der Waals surface area contributed by atoms with Crippen LogP contribution < -0.4 is 9.62 Å². The molecular weight excluding hydrogens is 456 g/mol. The van der Waals surface area contributed by atoms with E-state index in [1.165, 1.54) is 28.8 Å². The number of rotatable bonds is 7. The van der Waals surface area contributed by atoms with Crippen molar-refractivity contribution in [3.05, 3.63) is 83.9 Å². The van der Waals surface area contributed by atoms with Crippen molar-refractivity contribution in [1.29, 1.82) is 0 Å². The summed E-state index contributed by atoms with van der Waals surface area (Å²) in [6.45, 7) is 3.91. The minimum Gasteiger partial charge on any atom is -0.280 e. The number of hydrogen-bond donors (Lipinski definition) is 1. The highest BCUT2D eigenvalue weighted by molar-refractivity contribution is 8.00. The molecule has 1 aliphatic rings. The molecule has 4 rings (SSSR count). The largest absolute Gasteiger partial charge is 0.280 e. The van der Waals surface area contributed by atoms with Crippen LogP contribution >= 0.6 is 11.8 Å². The number of thioether (sulfide) groups is 1. The van der Waals surface area contributed by atoms with Gasteiger partial charge in [0.05, 0.1) is 15.8 Å². The highest BCUT2D eigenvalue weighted by atomic mass is 32.2. The smallest absolute Gasteiger partial charge is 0.261 e. The predicted octanol–water partition coefficient (Wildman–Crippen LogP) is 4.78. The number of carbonyl (C=O) groups excluding carboxylic acids is 2. The van der Waals surface area contributed by atoms with Crippen molar-refractivity contribution in [2.75, 3.05) is 9.62 Å². The second-order valence-electron chi connectivity index (χ2n) is 7.76. The number of carbonyl (C=O) groups is 2. The molecule has 170 valence electrons. The highest BCUT2D eigenvalue weighted by Crippen LogP contribution is 2.37. The minimum atomic E-state index is -3.68. The Bertz CT molecular complexity index is 1290. The first-order chi connectivity index (χ1) is 15.8. The average Bonchev–Trinajstić information content (AvgIpc) is 3.08. The van der Waals surface area contributed by atoms with Crippen molar-refractivity contribution in [2.24, 2.45) is 0 Å². The van der Waals surface area contributed by atoms with E-state index >= 15 is 0 Å². The van der Waals surface area contributed by atoms with Gasteiger partial charge < -0.3 is 0 Å². The van der Waals surface area contributed by atoms with Crippen molar-refractivity contribution in [3.63, 3.8) is 0 Å². The van der Waals surface area contributed by atoms with Crippen LogP contribution in [-0.4, -0.2) is 25.5 Å². The van der Waals surface area contributed by atoms with Gasteiger partial charge in [-0.1, -0.05) is 43.3 Å². The van der Waals surface area contributed by atoms with Gasteiger partial charge in [0.25, 0.3) is 10.0 Å². The van der Waals surface area contributed by atoms with Gasteiger partial charge in [0.2, 0.25) is 11.8 Å². The zero-order chi connectivity index (χ0) is 23.6. The fourth-order valence-corrected chi connectivity index (χ4v) is 5.97. The molecule has 3 aromatic rings. The van der Waals surface area contributed by atoms with Crippen LogP contribution in [0.25, 0.3) is 0 Å². The first-order valence-electron chi connectivity index (χ1n) is 10.6. The predicted molar refractivity (Wildman–Crippen MR) is 131 cm³/mol. The summed E-state index contributed by atoms with van der Waals surface area (Å²) in [6, 6.07) is 20.7. The van der Waals surface area contributed by atoms with Crippen molar-refractivity contribution < 1.29 is 18.0 Å². The second-order valence-corrected chi connectivity index (χ2v) is 10.7. The van der Waals surface area contributed by atoms with E-state index in [1.54, 1.807) is 42.5 Å². The first kappa shape index (κ1) is 23.1. The van der Waals surface area contributed by atoms with E-state index < -0.39 is 15.3 Å². The molecule has 1 heterocycles. The summed E-state index contributed by atoms with van der Waals surface area (Å²) >= 11 is 1.31. The summed E-state index contributed by atoms with van der Waals surface area (Å²) in [5.74, 6) is -0.420. The maximum Gasteiger partial charge on any atom is 0.261 e. The van der Waals surface area contributed by atoms with Crippen LogP contribution in [0, 0.1) is 6.92 Å². The third-order valence-corrected chi connectivity index (χ3v) is 8.06. The van der Waals surface area contributed by atoms with E-state index in [-0.39, 0.29) is 23.1 Å².